The largest absolute Gasteiger partial charge is 0.497 e. The van der Waals surface area contributed by atoms with E-state index < -0.39 is 0 Å². The Morgan fingerprint density at radius 1 is 1.03 bits per heavy atom. The zero-order valence-electron chi connectivity index (χ0n) is 18.3. The lowest BCUT2D eigenvalue weighted by Gasteiger charge is -2.32. The zero-order valence-corrected chi connectivity index (χ0v) is 18.3. The molecule has 166 valence electrons. The van der Waals surface area contributed by atoms with Gasteiger partial charge in [-0.05, 0) is 20.0 Å². The highest BCUT2D eigenvalue weighted by Crippen LogP contribution is 2.27. The van der Waals surface area contributed by atoms with Crippen LogP contribution in [0.4, 0.5) is 17.5 Å². The second-order valence-electron chi connectivity index (χ2n) is 7.63. The second-order valence-corrected chi connectivity index (χ2v) is 7.63. The van der Waals surface area contributed by atoms with E-state index in [1.165, 1.54) is 0 Å². The van der Waals surface area contributed by atoms with Crippen molar-refractivity contribution in [1.29, 1.82) is 0 Å². The van der Waals surface area contributed by atoms with Crippen LogP contribution in [0.5, 0.6) is 11.5 Å². The maximum Gasteiger partial charge on any atom is 0.247 e. The smallest absolute Gasteiger partial charge is 0.247 e. The van der Waals surface area contributed by atoms with Crippen molar-refractivity contribution in [1.82, 2.24) is 29.4 Å². The fraction of sp³-hybridized carbons (Fsp3) is 0.476. The van der Waals surface area contributed by atoms with Gasteiger partial charge in [0.25, 0.3) is 0 Å². The van der Waals surface area contributed by atoms with Crippen LogP contribution in [0.2, 0.25) is 0 Å². The first-order valence-corrected chi connectivity index (χ1v) is 10.5. The van der Waals surface area contributed by atoms with E-state index in [0.717, 1.165) is 57.2 Å². The molecule has 0 amide bonds. The molecule has 10 heteroatoms. The maximum absolute atomic E-state index is 5.33. The van der Waals surface area contributed by atoms with Gasteiger partial charge in [0.1, 0.15) is 11.5 Å². The van der Waals surface area contributed by atoms with Gasteiger partial charge in [-0.1, -0.05) is 0 Å². The SMILES string of the molecule is COc1cc(Nc2nc3c(NCCCN4CCN(C)CC4)nccn3n2)cc(OC)c1. The Bertz CT molecular complexity index is 978. The van der Waals surface area contributed by atoms with E-state index >= 15 is 0 Å². The lowest BCUT2D eigenvalue weighted by atomic mass is 10.3. The molecule has 0 radical (unpaired) electrons. The van der Waals surface area contributed by atoms with Crippen molar-refractivity contribution >= 4 is 23.1 Å². The molecule has 10 nitrogen and oxygen atoms in total. The number of likely N-dealkylation sites (N-methyl/N-ethyl adjacent to an activating group) is 1. The van der Waals surface area contributed by atoms with Gasteiger partial charge < -0.3 is 29.9 Å². The molecule has 3 heterocycles. The summed E-state index contributed by atoms with van der Waals surface area (Å²) in [7, 11) is 5.42. The molecule has 1 aromatic carbocycles. The summed E-state index contributed by atoms with van der Waals surface area (Å²) in [6.07, 6.45) is 4.56. The Kier molecular flexibility index (Phi) is 6.68. The number of nitrogens with zero attached hydrogens (tertiary/aromatic N) is 6. The third kappa shape index (κ3) is 5.33. The van der Waals surface area contributed by atoms with Crippen molar-refractivity contribution in [2.24, 2.45) is 0 Å². The van der Waals surface area contributed by atoms with Gasteiger partial charge in [-0.15, -0.1) is 5.10 Å². The van der Waals surface area contributed by atoms with Crippen molar-refractivity contribution in [3.8, 4) is 11.5 Å². The number of benzene rings is 1. The fourth-order valence-corrected chi connectivity index (χ4v) is 3.58. The molecule has 0 atom stereocenters. The number of aromatic nitrogens is 4. The summed E-state index contributed by atoms with van der Waals surface area (Å²) in [6.45, 7) is 6.48. The molecule has 1 aliphatic heterocycles. The van der Waals surface area contributed by atoms with Crippen LogP contribution in [-0.2, 0) is 0 Å². The highest BCUT2D eigenvalue weighted by molar-refractivity contribution is 5.66. The van der Waals surface area contributed by atoms with E-state index in [2.05, 4.69) is 42.5 Å². The van der Waals surface area contributed by atoms with E-state index in [0.29, 0.717) is 23.1 Å². The highest BCUT2D eigenvalue weighted by Gasteiger charge is 2.14. The molecule has 0 bridgehead atoms. The Labute approximate surface area is 182 Å². The van der Waals surface area contributed by atoms with Crippen LogP contribution in [0.25, 0.3) is 5.65 Å². The van der Waals surface area contributed by atoms with E-state index in [4.69, 9.17) is 9.47 Å². The quantitative estimate of drug-likeness (QED) is 0.498. The van der Waals surface area contributed by atoms with Crippen LogP contribution in [-0.4, -0.2) is 89.9 Å². The molecule has 0 aliphatic carbocycles. The van der Waals surface area contributed by atoms with Gasteiger partial charge >= 0.3 is 0 Å². The molecular weight excluding hydrogens is 396 g/mol. The number of hydrogen-bond acceptors (Lipinski definition) is 9. The Morgan fingerprint density at radius 3 is 2.48 bits per heavy atom. The summed E-state index contributed by atoms with van der Waals surface area (Å²) >= 11 is 0. The van der Waals surface area contributed by atoms with Gasteiger partial charge in [-0.25, -0.2) is 9.50 Å². The number of ether oxygens (including phenoxy) is 2. The average Bonchev–Trinajstić information content (AvgIpc) is 3.20. The monoisotopic (exact) mass is 426 g/mol. The van der Waals surface area contributed by atoms with Gasteiger partial charge in [0, 0.05) is 69.0 Å². The minimum Gasteiger partial charge on any atom is -0.497 e. The number of rotatable bonds is 9. The van der Waals surface area contributed by atoms with Crippen molar-refractivity contribution < 1.29 is 9.47 Å². The van der Waals surface area contributed by atoms with Crippen molar-refractivity contribution in [2.75, 3.05) is 71.2 Å². The Balaban J connectivity index is 1.39. The third-order valence-corrected chi connectivity index (χ3v) is 5.40. The summed E-state index contributed by atoms with van der Waals surface area (Å²) in [5, 5.41) is 11.1. The third-order valence-electron chi connectivity index (χ3n) is 5.40. The van der Waals surface area contributed by atoms with Gasteiger partial charge in [-0.2, -0.15) is 4.98 Å². The Morgan fingerprint density at radius 2 is 1.77 bits per heavy atom. The topological polar surface area (TPSA) is 92.1 Å². The molecule has 0 saturated carbocycles. The number of piperazine rings is 1. The molecule has 3 aromatic rings. The lowest BCUT2D eigenvalue weighted by molar-refractivity contribution is 0.154. The second kappa shape index (κ2) is 9.80. The number of methoxy groups -OCH3 is 2. The van der Waals surface area contributed by atoms with Gasteiger partial charge in [0.2, 0.25) is 5.95 Å². The standard InChI is InChI=1S/C21H30N8O2/c1-27-9-11-28(12-10-27)7-4-5-22-19-20-25-21(26-29(20)8-6-23-19)24-16-13-17(30-2)15-18(14-16)31-3/h6,8,13-15H,4-5,7,9-12H2,1-3H3,(H,22,23)(H,24,26). The molecule has 0 unspecified atom stereocenters. The van der Waals surface area contributed by atoms with E-state index in [1.54, 1.807) is 31.1 Å². The molecule has 0 spiro atoms. The molecule has 31 heavy (non-hydrogen) atoms. The predicted octanol–water partition coefficient (Wildman–Crippen LogP) is 1.93. The molecular formula is C21H30N8O2. The number of hydrogen-bond donors (Lipinski definition) is 2. The molecule has 1 saturated heterocycles. The molecule has 2 N–H and O–H groups in total. The summed E-state index contributed by atoms with van der Waals surface area (Å²) in [4.78, 5) is 14.0. The average molecular weight is 427 g/mol. The van der Waals surface area contributed by atoms with Crippen LogP contribution in [0, 0.1) is 0 Å². The van der Waals surface area contributed by atoms with E-state index in [9.17, 15) is 0 Å². The molecule has 1 fully saturated rings. The van der Waals surface area contributed by atoms with E-state index in [1.807, 2.05) is 18.2 Å². The summed E-state index contributed by atoms with van der Waals surface area (Å²) in [5.74, 6) is 2.58. The fourth-order valence-electron chi connectivity index (χ4n) is 3.58. The van der Waals surface area contributed by atoms with Gasteiger partial charge in [0.15, 0.2) is 11.5 Å². The number of nitrogens with one attached hydrogen (secondary N) is 2. The van der Waals surface area contributed by atoms with Crippen LogP contribution in [0.15, 0.2) is 30.6 Å². The molecule has 4 rings (SSSR count). The number of anilines is 3. The minimum atomic E-state index is 0.476. The van der Waals surface area contributed by atoms with Crippen LogP contribution >= 0.6 is 0 Å². The van der Waals surface area contributed by atoms with Crippen molar-refractivity contribution in [3.63, 3.8) is 0 Å². The highest BCUT2D eigenvalue weighted by atomic mass is 16.5. The summed E-state index contributed by atoms with van der Waals surface area (Å²) in [5.41, 5.74) is 1.46. The summed E-state index contributed by atoms with van der Waals surface area (Å²) in [6, 6.07) is 5.55. The van der Waals surface area contributed by atoms with Crippen LogP contribution in [0.3, 0.4) is 0 Å². The van der Waals surface area contributed by atoms with Gasteiger partial charge in [-0.3, -0.25) is 0 Å². The van der Waals surface area contributed by atoms with E-state index in [-0.39, 0.29) is 0 Å². The Hall–Kier alpha value is -3.11. The lowest BCUT2D eigenvalue weighted by Crippen LogP contribution is -2.44. The predicted molar refractivity (Wildman–Crippen MR) is 121 cm³/mol. The minimum absolute atomic E-state index is 0.476. The zero-order chi connectivity index (χ0) is 21.6. The van der Waals surface area contributed by atoms with Crippen molar-refractivity contribution in [3.05, 3.63) is 30.6 Å². The molecule has 2 aromatic heterocycles. The maximum atomic E-state index is 5.33. The van der Waals surface area contributed by atoms with Crippen LogP contribution in [0.1, 0.15) is 6.42 Å². The first kappa shape index (κ1) is 21.1. The van der Waals surface area contributed by atoms with Gasteiger partial charge in [0.05, 0.1) is 14.2 Å². The summed E-state index contributed by atoms with van der Waals surface area (Å²) < 4.78 is 12.4. The normalized spacial score (nSPS) is 15.2. The first-order chi connectivity index (χ1) is 15.1. The van der Waals surface area contributed by atoms with Crippen LogP contribution < -0.4 is 20.1 Å². The number of fused-ring (bicyclic) bond motifs is 1. The first-order valence-electron chi connectivity index (χ1n) is 10.5. The molecule has 1 aliphatic rings. The van der Waals surface area contributed by atoms with Crippen molar-refractivity contribution in [2.45, 2.75) is 6.42 Å².